The van der Waals surface area contributed by atoms with Crippen molar-refractivity contribution in [2.24, 2.45) is 11.7 Å². The molecule has 3 amide bonds. The van der Waals surface area contributed by atoms with Crippen LogP contribution in [0.25, 0.3) is 0 Å². The molecule has 25 heavy (non-hydrogen) atoms. The Kier molecular flexibility index (Phi) is 4.74. The summed E-state index contributed by atoms with van der Waals surface area (Å²) in [5.41, 5.74) is 9.76. The molecular weight excluding hydrogens is 314 g/mol. The average molecular weight is 337 g/mol. The zero-order chi connectivity index (χ0) is 18.0. The SMILES string of the molecule is Cc1ccc(CC2CN(C(=O)Nc3cc(C)cc(C(N)=O)c3)C2)cc1. The van der Waals surface area contributed by atoms with Gasteiger partial charge in [0.2, 0.25) is 5.91 Å². The van der Waals surface area contributed by atoms with Crippen molar-refractivity contribution >= 4 is 17.6 Å². The molecule has 130 valence electrons. The van der Waals surface area contributed by atoms with Gasteiger partial charge in [0.25, 0.3) is 0 Å². The topological polar surface area (TPSA) is 75.4 Å². The van der Waals surface area contributed by atoms with Gasteiger partial charge in [-0.3, -0.25) is 4.79 Å². The van der Waals surface area contributed by atoms with E-state index in [0.717, 1.165) is 25.1 Å². The number of urea groups is 1. The predicted octanol–water partition coefficient (Wildman–Crippen LogP) is 3.11. The van der Waals surface area contributed by atoms with Crippen LogP contribution in [0.3, 0.4) is 0 Å². The number of nitrogens with two attached hydrogens (primary N) is 1. The summed E-state index contributed by atoms with van der Waals surface area (Å²) in [5, 5.41) is 2.85. The number of aryl methyl sites for hydroxylation is 2. The smallest absolute Gasteiger partial charge is 0.321 e. The molecule has 5 heteroatoms. The number of anilines is 1. The molecule has 0 radical (unpaired) electrons. The Morgan fingerprint density at radius 3 is 2.40 bits per heavy atom. The minimum absolute atomic E-state index is 0.138. The fourth-order valence-corrected chi connectivity index (χ4v) is 3.12. The van der Waals surface area contributed by atoms with Gasteiger partial charge in [0.15, 0.2) is 0 Å². The molecule has 0 bridgehead atoms. The Balaban J connectivity index is 1.54. The summed E-state index contributed by atoms with van der Waals surface area (Å²) in [7, 11) is 0. The van der Waals surface area contributed by atoms with E-state index in [4.69, 9.17) is 5.73 Å². The van der Waals surface area contributed by atoms with Crippen molar-refractivity contribution < 1.29 is 9.59 Å². The van der Waals surface area contributed by atoms with Gasteiger partial charge in [0, 0.05) is 24.3 Å². The number of amides is 3. The number of hydrogen-bond donors (Lipinski definition) is 2. The first-order chi connectivity index (χ1) is 11.9. The third kappa shape index (κ3) is 4.18. The van der Waals surface area contributed by atoms with Crippen molar-refractivity contribution in [3.8, 4) is 0 Å². The first-order valence-electron chi connectivity index (χ1n) is 8.43. The molecule has 0 saturated carbocycles. The van der Waals surface area contributed by atoms with E-state index in [-0.39, 0.29) is 6.03 Å². The molecule has 2 aromatic carbocycles. The maximum absolute atomic E-state index is 12.3. The summed E-state index contributed by atoms with van der Waals surface area (Å²) < 4.78 is 0. The lowest BCUT2D eigenvalue weighted by Crippen LogP contribution is -2.52. The van der Waals surface area contributed by atoms with Gasteiger partial charge in [0.1, 0.15) is 0 Å². The van der Waals surface area contributed by atoms with Crippen LogP contribution < -0.4 is 11.1 Å². The molecule has 0 spiro atoms. The average Bonchev–Trinajstić information content (AvgIpc) is 2.51. The van der Waals surface area contributed by atoms with E-state index >= 15 is 0 Å². The zero-order valence-corrected chi connectivity index (χ0v) is 14.6. The Labute approximate surface area is 147 Å². The summed E-state index contributed by atoms with van der Waals surface area (Å²) >= 11 is 0. The maximum Gasteiger partial charge on any atom is 0.321 e. The van der Waals surface area contributed by atoms with Crippen LogP contribution in [0.2, 0.25) is 0 Å². The monoisotopic (exact) mass is 337 g/mol. The first kappa shape index (κ1) is 17.0. The second kappa shape index (κ2) is 6.97. The highest BCUT2D eigenvalue weighted by molar-refractivity contribution is 5.96. The van der Waals surface area contributed by atoms with Gasteiger partial charge in [-0.1, -0.05) is 29.8 Å². The van der Waals surface area contributed by atoms with E-state index in [1.54, 1.807) is 17.0 Å². The number of carbonyl (C=O) groups excluding carboxylic acids is 2. The van der Waals surface area contributed by atoms with Crippen molar-refractivity contribution in [3.63, 3.8) is 0 Å². The van der Waals surface area contributed by atoms with Crippen LogP contribution >= 0.6 is 0 Å². The number of nitrogens with one attached hydrogen (secondary N) is 1. The number of rotatable bonds is 4. The van der Waals surface area contributed by atoms with Crippen molar-refractivity contribution in [1.29, 1.82) is 0 Å². The number of nitrogens with zero attached hydrogens (tertiary/aromatic N) is 1. The fourth-order valence-electron chi connectivity index (χ4n) is 3.12. The molecule has 0 aromatic heterocycles. The number of hydrogen-bond acceptors (Lipinski definition) is 2. The number of carbonyl (C=O) groups is 2. The molecule has 3 N–H and O–H groups in total. The van der Waals surface area contributed by atoms with Crippen LogP contribution in [0.4, 0.5) is 10.5 Å². The molecule has 1 fully saturated rings. The van der Waals surface area contributed by atoms with Crippen molar-refractivity contribution in [1.82, 2.24) is 4.90 Å². The molecular formula is C20H23N3O2. The molecule has 0 unspecified atom stereocenters. The highest BCUT2D eigenvalue weighted by atomic mass is 16.2. The fraction of sp³-hybridized carbons (Fsp3) is 0.300. The van der Waals surface area contributed by atoms with Gasteiger partial charge in [-0.25, -0.2) is 4.79 Å². The molecule has 0 atom stereocenters. The normalized spacial score (nSPS) is 14.1. The Hall–Kier alpha value is -2.82. The van der Waals surface area contributed by atoms with E-state index in [1.165, 1.54) is 11.1 Å². The van der Waals surface area contributed by atoms with Crippen molar-refractivity contribution in [2.45, 2.75) is 20.3 Å². The van der Waals surface area contributed by atoms with Gasteiger partial charge in [-0.05, 0) is 55.5 Å². The molecule has 5 nitrogen and oxygen atoms in total. The summed E-state index contributed by atoms with van der Waals surface area (Å²) in [4.78, 5) is 25.4. The molecule has 1 saturated heterocycles. The van der Waals surface area contributed by atoms with Crippen molar-refractivity contribution in [2.75, 3.05) is 18.4 Å². The molecule has 2 aromatic rings. The Morgan fingerprint density at radius 2 is 1.76 bits per heavy atom. The highest BCUT2D eigenvalue weighted by Crippen LogP contribution is 2.22. The standard InChI is InChI=1S/C20H23N3O2/c1-13-3-5-15(6-4-13)9-16-11-23(12-16)20(25)22-18-8-14(2)7-17(10-18)19(21)24/h3-8,10,16H,9,11-12H2,1-2H3,(H2,21,24)(H,22,25). The Bertz CT molecular complexity index is 793. The number of primary amides is 1. The second-order valence-electron chi connectivity index (χ2n) is 6.84. The van der Waals surface area contributed by atoms with E-state index in [1.807, 2.05) is 13.0 Å². The lowest BCUT2D eigenvalue weighted by atomic mass is 9.92. The number of benzene rings is 2. The lowest BCUT2D eigenvalue weighted by Gasteiger charge is -2.39. The first-order valence-corrected chi connectivity index (χ1v) is 8.43. The van der Waals surface area contributed by atoms with Crippen LogP contribution in [-0.2, 0) is 6.42 Å². The van der Waals surface area contributed by atoms with Gasteiger partial charge in [-0.15, -0.1) is 0 Å². The number of likely N-dealkylation sites (tertiary alicyclic amines) is 1. The largest absolute Gasteiger partial charge is 0.366 e. The molecule has 1 heterocycles. The summed E-state index contributed by atoms with van der Waals surface area (Å²) in [5.74, 6) is -0.00606. The third-order valence-electron chi connectivity index (χ3n) is 4.50. The van der Waals surface area contributed by atoms with Gasteiger partial charge in [0.05, 0.1) is 0 Å². The van der Waals surface area contributed by atoms with Gasteiger partial charge >= 0.3 is 6.03 Å². The van der Waals surface area contributed by atoms with E-state index < -0.39 is 5.91 Å². The van der Waals surface area contributed by atoms with Crippen molar-refractivity contribution in [3.05, 3.63) is 64.7 Å². The Morgan fingerprint density at radius 1 is 1.08 bits per heavy atom. The van der Waals surface area contributed by atoms with E-state index in [9.17, 15) is 9.59 Å². The van der Waals surface area contributed by atoms with Crippen LogP contribution in [0.1, 0.15) is 27.0 Å². The van der Waals surface area contributed by atoms with Crippen LogP contribution in [0.5, 0.6) is 0 Å². The van der Waals surface area contributed by atoms with Crippen LogP contribution in [0, 0.1) is 19.8 Å². The molecule has 1 aliphatic rings. The van der Waals surface area contributed by atoms with Gasteiger partial charge in [-0.2, -0.15) is 0 Å². The van der Waals surface area contributed by atoms with Crippen LogP contribution in [0.15, 0.2) is 42.5 Å². The summed E-state index contributed by atoms with van der Waals surface area (Å²) in [6.45, 7) is 5.43. The van der Waals surface area contributed by atoms with Crippen LogP contribution in [-0.4, -0.2) is 29.9 Å². The van der Waals surface area contributed by atoms with E-state index in [2.05, 4.69) is 36.5 Å². The lowest BCUT2D eigenvalue weighted by molar-refractivity contribution is 0.1000. The highest BCUT2D eigenvalue weighted by Gasteiger charge is 2.30. The minimum atomic E-state index is -0.499. The zero-order valence-electron chi connectivity index (χ0n) is 14.6. The molecule has 1 aliphatic heterocycles. The summed E-state index contributed by atoms with van der Waals surface area (Å²) in [6, 6.07) is 13.5. The minimum Gasteiger partial charge on any atom is -0.366 e. The quantitative estimate of drug-likeness (QED) is 0.899. The summed E-state index contributed by atoms with van der Waals surface area (Å²) in [6.07, 6.45) is 0.986. The van der Waals surface area contributed by atoms with E-state index in [0.29, 0.717) is 17.2 Å². The van der Waals surface area contributed by atoms with Gasteiger partial charge < -0.3 is 16.0 Å². The molecule has 3 rings (SSSR count). The molecule has 0 aliphatic carbocycles. The third-order valence-corrected chi connectivity index (χ3v) is 4.50. The predicted molar refractivity (Wildman–Crippen MR) is 98.7 cm³/mol. The second-order valence-corrected chi connectivity index (χ2v) is 6.84. The maximum atomic E-state index is 12.3.